The number of rotatable bonds is 4. The lowest BCUT2D eigenvalue weighted by molar-refractivity contribution is -0.138. The van der Waals surface area contributed by atoms with Gasteiger partial charge in [-0.25, -0.2) is 4.98 Å². The molecule has 1 fully saturated rings. The average molecular weight is 447 g/mol. The Kier molecular flexibility index (Phi) is 7.73. The molecule has 0 unspecified atom stereocenters. The van der Waals surface area contributed by atoms with Gasteiger partial charge in [-0.2, -0.15) is 0 Å². The Balaban J connectivity index is 0.00000272. The Morgan fingerprint density at radius 2 is 1.90 bits per heavy atom. The van der Waals surface area contributed by atoms with Gasteiger partial charge in [0.2, 0.25) is 11.8 Å². The molecule has 1 saturated heterocycles. The second-order valence-electron chi connectivity index (χ2n) is 8.43. The monoisotopic (exact) mass is 446 g/mol. The molecule has 168 valence electrons. The van der Waals surface area contributed by atoms with Crippen molar-refractivity contribution >= 4 is 24.2 Å². The molecule has 8 heteroatoms. The molecule has 2 aliphatic rings. The van der Waals surface area contributed by atoms with Crippen LogP contribution in [0.5, 0.6) is 0 Å². The molecule has 7 nitrogen and oxygen atoms in total. The third kappa shape index (κ3) is 5.66. The standard InChI is InChI=1S/C23H30N4O3.ClH/c1-16(28)27-13-18(8-9-19(24)14-27)23(29)26-12-11-21-20(15-26)25-22(30-21)10-7-17-5-3-2-4-6-17;/h2-6,18-19H,7-15,24H2,1H3;1H/t18-,19+;/m0./s1. The number of likely N-dealkylation sites (tertiary alicyclic amines) is 1. The normalized spacial score (nSPS) is 21.1. The lowest BCUT2D eigenvalue weighted by Crippen LogP contribution is -2.44. The number of nitrogens with zero attached hydrogens (tertiary/aromatic N) is 3. The van der Waals surface area contributed by atoms with Crippen molar-refractivity contribution in [3.63, 3.8) is 0 Å². The van der Waals surface area contributed by atoms with E-state index in [1.165, 1.54) is 5.56 Å². The van der Waals surface area contributed by atoms with Crippen molar-refractivity contribution in [1.29, 1.82) is 0 Å². The number of aryl methyl sites for hydroxylation is 2. The molecule has 1 aromatic carbocycles. The number of aromatic nitrogens is 1. The van der Waals surface area contributed by atoms with Crippen LogP contribution in [0.1, 0.15) is 42.7 Å². The summed E-state index contributed by atoms with van der Waals surface area (Å²) in [5.41, 5.74) is 8.22. The van der Waals surface area contributed by atoms with Crippen molar-refractivity contribution in [3.05, 3.63) is 53.2 Å². The number of carbonyl (C=O) groups is 2. The molecule has 2 atom stereocenters. The predicted molar refractivity (Wildman–Crippen MR) is 120 cm³/mol. The Bertz CT molecular complexity index is 901. The third-order valence-corrected chi connectivity index (χ3v) is 6.13. The van der Waals surface area contributed by atoms with E-state index in [9.17, 15) is 9.59 Å². The fourth-order valence-electron chi connectivity index (χ4n) is 4.38. The largest absolute Gasteiger partial charge is 0.445 e. The quantitative estimate of drug-likeness (QED) is 0.778. The second kappa shape index (κ2) is 10.3. The molecule has 0 radical (unpaired) electrons. The summed E-state index contributed by atoms with van der Waals surface area (Å²) in [4.78, 5) is 33.3. The number of halogens is 1. The van der Waals surface area contributed by atoms with E-state index in [-0.39, 0.29) is 36.2 Å². The van der Waals surface area contributed by atoms with Gasteiger partial charge in [-0.15, -0.1) is 12.4 Å². The lowest BCUT2D eigenvalue weighted by atomic mass is 9.99. The molecule has 3 heterocycles. The van der Waals surface area contributed by atoms with Gasteiger partial charge < -0.3 is 20.0 Å². The summed E-state index contributed by atoms with van der Waals surface area (Å²) in [5.74, 6) is 1.51. The first-order chi connectivity index (χ1) is 14.5. The zero-order valence-electron chi connectivity index (χ0n) is 18.0. The van der Waals surface area contributed by atoms with Crippen LogP contribution in [0.25, 0.3) is 0 Å². The van der Waals surface area contributed by atoms with Crippen LogP contribution in [0.2, 0.25) is 0 Å². The van der Waals surface area contributed by atoms with Crippen LogP contribution in [-0.2, 0) is 35.4 Å². The van der Waals surface area contributed by atoms with Gasteiger partial charge in [0.15, 0.2) is 5.89 Å². The highest BCUT2D eigenvalue weighted by Crippen LogP contribution is 2.25. The van der Waals surface area contributed by atoms with E-state index in [4.69, 9.17) is 10.2 Å². The van der Waals surface area contributed by atoms with Gasteiger partial charge in [0.25, 0.3) is 0 Å². The van der Waals surface area contributed by atoms with Crippen LogP contribution in [0.15, 0.2) is 34.7 Å². The van der Waals surface area contributed by atoms with E-state index in [1.54, 1.807) is 11.8 Å². The Labute approximate surface area is 189 Å². The van der Waals surface area contributed by atoms with Crippen LogP contribution < -0.4 is 5.73 Å². The number of hydrogen-bond donors (Lipinski definition) is 1. The first-order valence-corrected chi connectivity index (χ1v) is 10.8. The average Bonchev–Trinajstić information content (AvgIpc) is 3.05. The Morgan fingerprint density at radius 1 is 1.13 bits per heavy atom. The van der Waals surface area contributed by atoms with Crippen LogP contribution in [0, 0.1) is 5.92 Å². The molecular formula is C23H31ClN4O3. The van der Waals surface area contributed by atoms with Crippen LogP contribution in [0.3, 0.4) is 0 Å². The maximum atomic E-state index is 13.2. The smallest absolute Gasteiger partial charge is 0.227 e. The van der Waals surface area contributed by atoms with E-state index < -0.39 is 0 Å². The van der Waals surface area contributed by atoms with Gasteiger partial charge in [-0.05, 0) is 24.8 Å². The van der Waals surface area contributed by atoms with E-state index in [0.717, 1.165) is 36.6 Å². The lowest BCUT2D eigenvalue weighted by Gasteiger charge is -2.30. The van der Waals surface area contributed by atoms with Crippen molar-refractivity contribution < 1.29 is 14.0 Å². The molecule has 2 amide bonds. The number of oxazole rings is 1. The van der Waals surface area contributed by atoms with Gasteiger partial charge in [-0.3, -0.25) is 9.59 Å². The SMILES string of the molecule is CC(=O)N1C[C@H](N)CC[C@H](C(=O)N2CCc3oc(CCc4ccccc4)nc3C2)C1.Cl. The van der Waals surface area contributed by atoms with Gasteiger partial charge >= 0.3 is 0 Å². The van der Waals surface area contributed by atoms with Gasteiger partial charge in [0, 0.05) is 45.4 Å². The number of carbonyl (C=O) groups excluding carboxylic acids is 2. The van der Waals surface area contributed by atoms with Gasteiger partial charge in [-0.1, -0.05) is 30.3 Å². The highest BCUT2D eigenvalue weighted by Gasteiger charge is 2.33. The molecule has 2 N–H and O–H groups in total. The minimum Gasteiger partial charge on any atom is -0.445 e. The van der Waals surface area contributed by atoms with Crippen molar-refractivity contribution in [1.82, 2.24) is 14.8 Å². The molecule has 0 aliphatic carbocycles. The minimum absolute atomic E-state index is 0. The summed E-state index contributed by atoms with van der Waals surface area (Å²) >= 11 is 0. The van der Waals surface area contributed by atoms with E-state index >= 15 is 0 Å². The molecule has 2 aliphatic heterocycles. The summed E-state index contributed by atoms with van der Waals surface area (Å²) in [6, 6.07) is 10.2. The minimum atomic E-state index is -0.201. The molecule has 2 aromatic rings. The molecule has 4 rings (SSSR count). The highest BCUT2D eigenvalue weighted by atomic mass is 35.5. The number of nitrogens with two attached hydrogens (primary N) is 1. The van der Waals surface area contributed by atoms with Gasteiger partial charge in [0.05, 0.1) is 12.5 Å². The Morgan fingerprint density at radius 3 is 2.65 bits per heavy atom. The van der Waals surface area contributed by atoms with Crippen molar-refractivity contribution in [3.8, 4) is 0 Å². The second-order valence-corrected chi connectivity index (χ2v) is 8.43. The highest BCUT2D eigenvalue weighted by molar-refractivity contribution is 5.85. The molecule has 1 aromatic heterocycles. The van der Waals surface area contributed by atoms with Crippen LogP contribution in [0.4, 0.5) is 0 Å². The van der Waals surface area contributed by atoms with Gasteiger partial charge in [0.1, 0.15) is 11.5 Å². The summed E-state index contributed by atoms with van der Waals surface area (Å²) in [7, 11) is 0. The predicted octanol–water partition coefficient (Wildman–Crippen LogP) is 2.35. The van der Waals surface area contributed by atoms with Crippen LogP contribution >= 0.6 is 12.4 Å². The third-order valence-electron chi connectivity index (χ3n) is 6.13. The van der Waals surface area contributed by atoms with Crippen molar-refractivity contribution in [2.45, 2.75) is 51.6 Å². The fraction of sp³-hybridized carbons (Fsp3) is 0.522. The number of amides is 2. The fourth-order valence-corrected chi connectivity index (χ4v) is 4.38. The molecule has 0 spiro atoms. The zero-order valence-corrected chi connectivity index (χ0v) is 18.8. The zero-order chi connectivity index (χ0) is 21.1. The maximum Gasteiger partial charge on any atom is 0.227 e. The number of benzene rings is 1. The maximum absolute atomic E-state index is 13.2. The molecule has 31 heavy (non-hydrogen) atoms. The summed E-state index contributed by atoms with van der Waals surface area (Å²) in [6.45, 7) is 3.62. The summed E-state index contributed by atoms with van der Waals surface area (Å²) < 4.78 is 5.97. The number of hydrogen-bond acceptors (Lipinski definition) is 5. The van der Waals surface area contributed by atoms with Crippen molar-refractivity contribution in [2.24, 2.45) is 11.7 Å². The Hall–Kier alpha value is -2.38. The van der Waals surface area contributed by atoms with Crippen molar-refractivity contribution in [2.75, 3.05) is 19.6 Å². The molecular weight excluding hydrogens is 416 g/mol. The first kappa shape index (κ1) is 23.3. The first-order valence-electron chi connectivity index (χ1n) is 10.8. The molecule has 0 bridgehead atoms. The van der Waals surface area contributed by atoms with E-state index in [0.29, 0.717) is 39.0 Å². The van der Waals surface area contributed by atoms with E-state index in [1.807, 2.05) is 23.1 Å². The van der Waals surface area contributed by atoms with Crippen LogP contribution in [-0.4, -0.2) is 52.3 Å². The summed E-state index contributed by atoms with van der Waals surface area (Å²) in [6.07, 6.45) is 3.79. The molecule has 0 saturated carbocycles. The summed E-state index contributed by atoms with van der Waals surface area (Å²) in [5, 5.41) is 0. The van der Waals surface area contributed by atoms with E-state index in [2.05, 4.69) is 17.1 Å². The number of fused-ring (bicyclic) bond motifs is 1. The topological polar surface area (TPSA) is 92.7 Å².